The SMILES string of the molecule is N#Cc1ccccc1OCCC1CCNC1. The van der Waals surface area contributed by atoms with Crippen LogP contribution in [-0.2, 0) is 0 Å². The quantitative estimate of drug-likeness (QED) is 0.836. The second-order valence-corrected chi connectivity index (χ2v) is 4.10. The Morgan fingerprint density at radius 1 is 1.44 bits per heavy atom. The summed E-state index contributed by atoms with van der Waals surface area (Å²) in [5.41, 5.74) is 0.618. The van der Waals surface area contributed by atoms with Gasteiger partial charge in [0.1, 0.15) is 11.8 Å². The molecule has 0 aliphatic carbocycles. The van der Waals surface area contributed by atoms with Crippen LogP contribution in [0.5, 0.6) is 5.75 Å². The second kappa shape index (κ2) is 5.53. The average molecular weight is 216 g/mol. The van der Waals surface area contributed by atoms with E-state index in [4.69, 9.17) is 10.00 Å². The predicted molar refractivity (Wildman–Crippen MR) is 62.2 cm³/mol. The summed E-state index contributed by atoms with van der Waals surface area (Å²) >= 11 is 0. The van der Waals surface area contributed by atoms with Gasteiger partial charge in [-0.25, -0.2) is 0 Å². The van der Waals surface area contributed by atoms with Crippen molar-refractivity contribution in [2.45, 2.75) is 12.8 Å². The van der Waals surface area contributed by atoms with E-state index < -0.39 is 0 Å². The van der Waals surface area contributed by atoms with Crippen molar-refractivity contribution in [2.75, 3.05) is 19.7 Å². The molecule has 0 bridgehead atoms. The third kappa shape index (κ3) is 2.74. The Hall–Kier alpha value is -1.53. The van der Waals surface area contributed by atoms with Crippen LogP contribution in [0.2, 0.25) is 0 Å². The highest BCUT2D eigenvalue weighted by molar-refractivity contribution is 5.42. The molecule has 0 aromatic heterocycles. The molecule has 0 amide bonds. The molecule has 3 heteroatoms. The summed E-state index contributed by atoms with van der Waals surface area (Å²) in [7, 11) is 0. The van der Waals surface area contributed by atoms with Crippen LogP contribution in [0.25, 0.3) is 0 Å². The summed E-state index contributed by atoms with van der Waals surface area (Å²) in [4.78, 5) is 0. The standard InChI is InChI=1S/C13H16N2O/c14-9-12-3-1-2-4-13(12)16-8-6-11-5-7-15-10-11/h1-4,11,15H,5-8,10H2. The lowest BCUT2D eigenvalue weighted by Gasteiger charge is -2.10. The molecule has 3 nitrogen and oxygen atoms in total. The molecular weight excluding hydrogens is 200 g/mol. The zero-order chi connectivity index (χ0) is 11.2. The van der Waals surface area contributed by atoms with Gasteiger partial charge in [0.25, 0.3) is 0 Å². The highest BCUT2D eigenvalue weighted by atomic mass is 16.5. The molecule has 1 N–H and O–H groups in total. The van der Waals surface area contributed by atoms with E-state index in [0.29, 0.717) is 17.9 Å². The predicted octanol–water partition coefficient (Wildman–Crippen LogP) is 1.94. The van der Waals surface area contributed by atoms with Crippen molar-refractivity contribution in [3.63, 3.8) is 0 Å². The first-order chi connectivity index (χ1) is 7.90. The van der Waals surface area contributed by atoms with E-state index in [9.17, 15) is 0 Å². The largest absolute Gasteiger partial charge is 0.492 e. The van der Waals surface area contributed by atoms with Gasteiger partial charge >= 0.3 is 0 Å². The summed E-state index contributed by atoms with van der Waals surface area (Å²) in [6, 6.07) is 9.52. The lowest BCUT2D eigenvalue weighted by atomic mass is 10.1. The first-order valence-electron chi connectivity index (χ1n) is 5.73. The fraction of sp³-hybridized carbons (Fsp3) is 0.462. The minimum Gasteiger partial charge on any atom is -0.492 e. The average Bonchev–Trinajstić information content (AvgIpc) is 2.83. The van der Waals surface area contributed by atoms with E-state index in [1.807, 2.05) is 18.2 Å². The zero-order valence-electron chi connectivity index (χ0n) is 9.28. The smallest absolute Gasteiger partial charge is 0.137 e. The molecule has 1 aliphatic rings. The molecule has 1 aromatic rings. The van der Waals surface area contributed by atoms with Gasteiger partial charge in [-0.1, -0.05) is 12.1 Å². The summed E-state index contributed by atoms with van der Waals surface area (Å²) in [5.74, 6) is 1.44. The van der Waals surface area contributed by atoms with E-state index in [2.05, 4.69) is 11.4 Å². The highest BCUT2D eigenvalue weighted by Crippen LogP contribution is 2.18. The molecular formula is C13H16N2O. The van der Waals surface area contributed by atoms with Gasteiger partial charge < -0.3 is 10.1 Å². The van der Waals surface area contributed by atoms with Gasteiger partial charge in [-0.15, -0.1) is 0 Å². The first-order valence-corrected chi connectivity index (χ1v) is 5.73. The summed E-state index contributed by atoms with van der Waals surface area (Å²) < 4.78 is 5.64. The monoisotopic (exact) mass is 216 g/mol. The summed E-state index contributed by atoms with van der Waals surface area (Å²) in [6.07, 6.45) is 2.30. The molecule has 1 aliphatic heterocycles. The van der Waals surface area contributed by atoms with Gasteiger partial charge in [-0.3, -0.25) is 0 Å². The van der Waals surface area contributed by atoms with Gasteiger partial charge in [0.2, 0.25) is 0 Å². The number of nitrogens with zero attached hydrogens (tertiary/aromatic N) is 1. The van der Waals surface area contributed by atoms with Crippen molar-refractivity contribution >= 4 is 0 Å². The molecule has 1 unspecified atom stereocenters. The number of nitrogens with one attached hydrogen (secondary N) is 1. The molecule has 0 spiro atoms. The number of para-hydroxylation sites is 1. The van der Waals surface area contributed by atoms with Crippen LogP contribution < -0.4 is 10.1 Å². The van der Waals surface area contributed by atoms with Gasteiger partial charge in [0.05, 0.1) is 12.2 Å². The van der Waals surface area contributed by atoms with E-state index >= 15 is 0 Å². The lowest BCUT2D eigenvalue weighted by molar-refractivity contribution is 0.283. The van der Waals surface area contributed by atoms with Crippen molar-refractivity contribution in [3.8, 4) is 11.8 Å². The zero-order valence-corrected chi connectivity index (χ0v) is 9.28. The van der Waals surface area contributed by atoms with Crippen molar-refractivity contribution < 1.29 is 4.74 Å². The van der Waals surface area contributed by atoms with Crippen LogP contribution in [0.3, 0.4) is 0 Å². The van der Waals surface area contributed by atoms with Crippen LogP contribution in [-0.4, -0.2) is 19.7 Å². The van der Waals surface area contributed by atoms with Crippen molar-refractivity contribution in [3.05, 3.63) is 29.8 Å². The maximum absolute atomic E-state index is 8.89. The Morgan fingerprint density at radius 3 is 3.06 bits per heavy atom. The highest BCUT2D eigenvalue weighted by Gasteiger charge is 2.14. The first kappa shape index (κ1) is 11.0. The maximum atomic E-state index is 8.89. The van der Waals surface area contributed by atoms with E-state index in [1.165, 1.54) is 6.42 Å². The van der Waals surface area contributed by atoms with Crippen molar-refractivity contribution in [1.29, 1.82) is 5.26 Å². The second-order valence-electron chi connectivity index (χ2n) is 4.10. The molecule has 0 radical (unpaired) electrons. The molecule has 84 valence electrons. The number of hydrogen-bond donors (Lipinski definition) is 1. The Labute approximate surface area is 96.0 Å². The Bertz CT molecular complexity index is 378. The van der Waals surface area contributed by atoms with Crippen LogP contribution in [0, 0.1) is 17.2 Å². The molecule has 2 rings (SSSR count). The van der Waals surface area contributed by atoms with E-state index in [-0.39, 0.29) is 0 Å². The number of hydrogen-bond acceptors (Lipinski definition) is 3. The van der Waals surface area contributed by atoms with Crippen LogP contribution in [0.4, 0.5) is 0 Å². The van der Waals surface area contributed by atoms with Crippen LogP contribution in [0.1, 0.15) is 18.4 Å². The number of nitriles is 1. The summed E-state index contributed by atoms with van der Waals surface area (Å²) in [6.45, 7) is 2.92. The molecule has 0 saturated carbocycles. The third-order valence-electron chi connectivity index (χ3n) is 2.95. The van der Waals surface area contributed by atoms with Gasteiger partial charge in [-0.05, 0) is 44.0 Å². The Morgan fingerprint density at radius 2 is 2.31 bits per heavy atom. The van der Waals surface area contributed by atoms with Crippen molar-refractivity contribution in [2.24, 2.45) is 5.92 Å². The number of ether oxygens (including phenoxy) is 1. The normalized spacial score (nSPS) is 19.3. The fourth-order valence-electron chi connectivity index (χ4n) is 1.98. The van der Waals surface area contributed by atoms with Gasteiger partial charge in [0, 0.05) is 0 Å². The topological polar surface area (TPSA) is 45.0 Å². The lowest BCUT2D eigenvalue weighted by Crippen LogP contribution is -2.11. The van der Waals surface area contributed by atoms with Crippen LogP contribution >= 0.6 is 0 Å². The Kier molecular flexibility index (Phi) is 3.79. The molecule has 1 saturated heterocycles. The molecule has 1 fully saturated rings. The third-order valence-corrected chi connectivity index (χ3v) is 2.95. The van der Waals surface area contributed by atoms with Gasteiger partial charge in [0.15, 0.2) is 0 Å². The minimum absolute atomic E-state index is 0.618. The number of rotatable bonds is 4. The number of benzene rings is 1. The molecule has 1 atom stereocenters. The molecule has 16 heavy (non-hydrogen) atoms. The fourth-order valence-corrected chi connectivity index (χ4v) is 1.98. The summed E-state index contributed by atoms with van der Waals surface area (Å²) in [5, 5.41) is 12.2. The maximum Gasteiger partial charge on any atom is 0.137 e. The molecule has 1 heterocycles. The minimum atomic E-state index is 0.618. The van der Waals surface area contributed by atoms with Gasteiger partial charge in [-0.2, -0.15) is 5.26 Å². The Balaban J connectivity index is 1.82. The van der Waals surface area contributed by atoms with Crippen molar-refractivity contribution in [1.82, 2.24) is 5.32 Å². The van der Waals surface area contributed by atoms with Crippen LogP contribution in [0.15, 0.2) is 24.3 Å². The van der Waals surface area contributed by atoms with E-state index in [0.717, 1.165) is 25.4 Å². The van der Waals surface area contributed by atoms with E-state index in [1.54, 1.807) is 6.07 Å². The molecule has 1 aromatic carbocycles.